The number of benzene rings is 1. The number of amides is 1. The average Bonchev–Trinajstić information content (AvgIpc) is 2.38. The first-order chi connectivity index (χ1) is 8.77. The molecule has 0 saturated heterocycles. The molecular formula is C14H17N3O. The first kappa shape index (κ1) is 12.5. The standard InChI is InChI=1S/C14H17N3O/c15-14(18)6-3-8-16-10-11-7-9-17-13-5-2-1-4-12(11)13/h1-2,4-5,7,9,16H,3,6,8,10H2,(H2,15,18). The maximum absolute atomic E-state index is 10.6. The highest BCUT2D eigenvalue weighted by molar-refractivity contribution is 5.81. The first-order valence-corrected chi connectivity index (χ1v) is 6.09. The number of rotatable bonds is 6. The molecule has 2 rings (SSSR count). The summed E-state index contributed by atoms with van der Waals surface area (Å²) in [4.78, 5) is 14.9. The third kappa shape index (κ3) is 3.28. The number of hydrogen-bond acceptors (Lipinski definition) is 3. The number of hydrogen-bond donors (Lipinski definition) is 2. The molecule has 0 atom stereocenters. The summed E-state index contributed by atoms with van der Waals surface area (Å²) in [5.41, 5.74) is 7.32. The highest BCUT2D eigenvalue weighted by atomic mass is 16.1. The van der Waals surface area contributed by atoms with E-state index in [9.17, 15) is 4.79 Å². The van der Waals surface area contributed by atoms with Gasteiger partial charge in [0.25, 0.3) is 0 Å². The fraction of sp³-hybridized carbons (Fsp3) is 0.286. The predicted molar refractivity (Wildman–Crippen MR) is 71.9 cm³/mol. The van der Waals surface area contributed by atoms with Gasteiger partial charge in [-0.25, -0.2) is 0 Å². The maximum Gasteiger partial charge on any atom is 0.217 e. The quantitative estimate of drug-likeness (QED) is 0.757. The van der Waals surface area contributed by atoms with Crippen molar-refractivity contribution < 1.29 is 4.79 Å². The highest BCUT2D eigenvalue weighted by Crippen LogP contribution is 2.15. The van der Waals surface area contributed by atoms with Crippen molar-refractivity contribution in [1.29, 1.82) is 0 Å². The van der Waals surface area contributed by atoms with Gasteiger partial charge in [-0.05, 0) is 30.7 Å². The smallest absolute Gasteiger partial charge is 0.217 e. The highest BCUT2D eigenvalue weighted by Gasteiger charge is 2.00. The molecule has 18 heavy (non-hydrogen) atoms. The Hall–Kier alpha value is -1.94. The summed E-state index contributed by atoms with van der Waals surface area (Å²) >= 11 is 0. The number of carbonyl (C=O) groups is 1. The summed E-state index contributed by atoms with van der Waals surface area (Å²) in [7, 11) is 0. The van der Waals surface area contributed by atoms with E-state index in [-0.39, 0.29) is 5.91 Å². The van der Waals surface area contributed by atoms with Crippen LogP contribution < -0.4 is 11.1 Å². The summed E-state index contributed by atoms with van der Waals surface area (Å²) in [6.45, 7) is 1.57. The molecule has 0 radical (unpaired) electrons. The minimum atomic E-state index is -0.244. The molecule has 0 aliphatic rings. The lowest BCUT2D eigenvalue weighted by molar-refractivity contribution is -0.118. The van der Waals surface area contributed by atoms with E-state index in [1.165, 1.54) is 10.9 Å². The van der Waals surface area contributed by atoms with Gasteiger partial charge in [0.2, 0.25) is 5.91 Å². The van der Waals surface area contributed by atoms with Crippen molar-refractivity contribution in [2.75, 3.05) is 6.54 Å². The molecule has 1 aromatic heterocycles. The van der Waals surface area contributed by atoms with E-state index in [1.54, 1.807) is 0 Å². The fourth-order valence-corrected chi connectivity index (χ4v) is 1.92. The molecule has 0 aliphatic carbocycles. The van der Waals surface area contributed by atoms with Gasteiger partial charge in [0.1, 0.15) is 0 Å². The fourth-order valence-electron chi connectivity index (χ4n) is 1.92. The van der Waals surface area contributed by atoms with Crippen molar-refractivity contribution >= 4 is 16.8 Å². The SMILES string of the molecule is NC(=O)CCCNCc1ccnc2ccccc12. The van der Waals surface area contributed by atoms with Crippen molar-refractivity contribution in [3.63, 3.8) is 0 Å². The Morgan fingerprint density at radius 1 is 1.28 bits per heavy atom. The number of nitrogens with zero attached hydrogens (tertiary/aromatic N) is 1. The Labute approximate surface area is 106 Å². The molecular weight excluding hydrogens is 226 g/mol. The second kappa shape index (κ2) is 6.12. The second-order valence-electron chi connectivity index (χ2n) is 4.23. The average molecular weight is 243 g/mol. The van der Waals surface area contributed by atoms with E-state index in [4.69, 9.17) is 5.73 Å². The zero-order chi connectivity index (χ0) is 12.8. The maximum atomic E-state index is 10.6. The Morgan fingerprint density at radius 3 is 2.94 bits per heavy atom. The Kier molecular flexibility index (Phi) is 4.25. The topological polar surface area (TPSA) is 68.0 Å². The Morgan fingerprint density at radius 2 is 2.11 bits per heavy atom. The van der Waals surface area contributed by atoms with Crippen LogP contribution in [-0.2, 0) is 11.3 Å². The van der Waals surface area contributed by atoms with Crippen molar-refractivity contribution in [2.24, 2.45) is 5.73 Å². The lowest BCUT2D eigenvalue weighted by Crippen LogP contribution is -2.18. The lowest BCUT2D eigenvalue weighted by atomic mass is 10.1. The van der Waals surface area contributed by atoms with Crippen molar-refractivity contribution in [2.45, 2.75) is 19.4 Å². The van der Waals surface area contributed by atoms with Crippen LogP contribution >= 0.6 is 0 Å². The Balaban J connectivity index is 1.93. The predicted octanol–water partition coefficient (Wildman–Crippen LogP) is 1.59. The van der Waals surface area contributed by atoms with Gasteiger partial charge < -0.3 is 11.1 Å². The molecule has 0 aliphatic heterocycles. The molecule has 94 valence electrons. The number of nitrogens with one attached hydrogen (secondary N) is 1. The molecule has 3 N–H and O–H groups in total. The van der Waals surface area contributed by atoms with Crippen LogP contribution in [0.3, 0.4) is 0 Å². The van der Waals surface area contributed by atoms with E-state index in [0.29, 0.717) is 6.42 Å². The molecule has 0 unspecified atom stereocenters. The zero-order valence-electron chi connectivity index (χ0n) is 10.2. The minimum Gasteiger partial charge on any atom is -0.370 e. The molecule has 0 saturated carbocycles. The molecule has 2 aromatic rings. The Bertz CT molecular complexity index is 534. The van der Waals surface area contributed by atoms with E-state index < -0.39 is 0 Å². The van der Waals surface area contributed by atoms with Crippen LogP contribution in [0.5, 0.6) is 0 Å². The van der Waals surface area contributed by atoms with E-state index in [0.717, 1.165) is 25.0 Å². The molecule has 0 fully saturated rings. The molecule has 0 spiro atoms. The summed E-state index contributed by atoms with van der Waals surface area (Å²) in [5, 5.41) is 4.48. The van der Waals surface area contributed by atoms with Crippen LogP contribution in [-0.4, -0.2) is 17.4 Å². The molecule has 4 nitrogen and oxygen atoms in total. The van der Waals surface area contributed by atoms with E-state index in [2.05, 4.69) is 16.4 Å². The molecule has 0 bridgehead atoms. The van der Waals surface area contributed by atoms with Crippen LogP contribution in [0.15, 0.2) is 36.5 Å². The summed E-state index contributed by atoms with van der Waals surface area (Å²) < 4.78 is 0. The largest absolute Gasteiger partial charge is 0.370 e. The van der Waals surface area contributed by atoms with E-state index >= 15 is 0 Å². The van der Waals surface area contributed by atoms with Crippen LogP contribution in [0.2, 0.25) is 0 Å². The van der Waals surface area contributed by atoms with Crippen LogP contribution in [0.25, 0.3) is 10.9 Å². The lowest BCUT2D eigenvalue weighted by Gasteiger charge is -2.07. The number of nitrogens with two attached hydrogens (primary N) is 1. The molecule has 1 amide bonds. The summed E-state index contributed by atoms with van der Waals surface area (Å²) in [5.74, 6) is -0.244. The monoisotopic (exact) mass is 243 g/mol. The normalized spacial score (nSPS) is 10.7. The van der Waals surface area contributed by atoms with Gasteiger partial charge in [-0.15, -0.1) is 0 Å². The van der Waals surface area contributed by atoms with Gasteiger partial charge in [0.05, 0.1) is 5.52 Å². The number of primary amides is 1. The van der Waals surface area contributed by atoms with Crippen molar-refractivity contribution in [3.8, 4) is 0 Å². The van der Waals surface area contributed by atoms with Crippen molar-refractivity contribution in [1.82, 2.24) is 10.3 Å². The van der Waals surface area contributed by atoms with Gasteiger partial charge in [0.15, 0.2) is 0 Å². The van der Waals surface area contributed by atoms with E-state index in [1.807, 2.05) is 30.5 Å². The van der Waals surface area contributed by atoms with Gasteiger partial charge >= 0.3 is 0 Å². The minimum absolute atomic E-state index is 0.244. The van der Waals surface area contributed by atoms with Crippen LogP contribution in [0.4, 0.5) is 0 Å². The number of aromatic nitrogens is 1. The van der Waals surface area contributed by atoms with Gasteiger partial charge in [-0.2, -0.15) is 0 Å². The number of pyridine rings is 1. The third-order valence-corrected chi connectivity index (χ3v) is 2.83. The van der Waals surface area contributed by atoms with Crippen molar-refractivity contribution in [3.05, 3.63) is 42.1 Å². The van der Waals surface area contributed by atoms with Crippen LogP contribution in [0, 0.1) is 0 Å². The molecule has 1 heterocycles. The summed E-state index contributed by atoms with van der Waals surface area (Å²) in [6, 6.07) is 10.1. The molecule has 4 heteroatoms. The second-order valence-corrected chi connectivity index (χ2v) is 4.23. The molecule has 1 aromatic carbocycles. The van der Waals surface area contributed by atoms with Gasteiger partial charge in [-0.1, -0.05) is 18.2 Å². The van der Waals surface area contributed by atoms with Gasteiger partial charge in [-0.3, -0.25) is 9.78 Å². The number of fused-ring (bicyclic) bond motifs is 1. The number of carbonyl (C=O) groups excluding carboxylic acids is 1. The van der Waals surface area contributed by atoms with Gasteiger partial charge in [0, 0.05) is 24.5 Å². The third-order valence-electron chi connectivity index (χ3n) is 2.83. The first-order valence-electron chi connectivity index (χ1n) is 6.09. The zero-order valence-corrected chi connectivity index (χ0v) is 10.2. The number of para-hydroxylation sites is 1. The van der Waals surface area contributed by atoms with Crippen LogP contribution in [0.1, 0.15) is 18.4 Å². The summed E-state index contributed by atoms with van der Waals surface area (Å²) in [6.07, 6.45) is 3.03.